The number of amides is 1. The Labute approximate surface area is 163 Å². The lowest BCUT2D eigenvalue weighted by atomic mass is 10.1. The summed E-state index contributed by atoms with van der Waals surface area (Å²) in [6, 6.07) is 10.9. The average molecular weight is 389 g/mol. The number of anilines is 1. The standard InChI is InChI=1S/C21H25F2N3O2/c1-15(17-8-7-16(22)13-18(17)23)24-14-21(27)26-11-9-25(10-12-26)19-5-3-4-6-20(19)28-2/h3-8,13,15,24H,9-12,14H2,1-2H3/t15-/m0/s1. The van der Waals surface area contributed by atoms with E-state index in [1.54, 1.807) is 18.9 Å². The maximum atomic E-state index is 13.9. The lowest BCUT2D eigenvalue weighted by Gasteiger charge is -2.36. The lowest BCUT2D eigenvalue weighted by Crippen LogP contribution is -2.51. The number of carbonyl (C=O) groups excluding carboxylic acids is 1. The third-order valence-electron chi connectivity index (χ3n) is 5.05. The van der Waals surface area contributed by atoms with Gasteiger partial charge in [-0.1, -0.05) is 18.2 Å². The summed E-state index contributed by atoms with van der Waals surface area (Å²) in [7, 11) is 1.65. The second-order valence-corrected chi connectivity index (χ2v) is 6.81. The molecule has 1 aliphatic heterocycles. The average Bonchev–Trinajstić information content (AvgIpc) is 2.72. The van der Waals surface area contributed by atoms with Crippen LogP contribution in [-0.4, -0.2) is 50.6 Å². The van der Waals surface area contributed by atoms with Gasteiger partial charge in [-0.15, -0.1) is 0 Å². The number of nitrogens with one attached hydrogen (secondary N) is 1. The van der Waals surface area contributed by atoms with Crippen LogP contribution in [0.5, 0.6) is 5.75 Å². The molecule has 0 spiro atoms. The normalized spacial score (nSPS) is 15.4. The maximum absolute atomic E-state index is 13.9. The first kappa shape index (κ1) is 20.1. The third-order valence-corrected chi connectivity index (χ3v) is 5.05. The van der Waals surface area contributed by atoms with Crippen LogP contribution >= 0.6 is 0 Å². The summed E-state index contributed by atoms with van der Waals surface area (Å²) in [6.45, 7) is 4.51. The predicted molar refractivity (Wildman–Crippen MR) is 105 cm³/mol. The zero-order valence-electron chi connectivity index (χ0n) is 16.1. The van der Waals surface area contributed by atoms with E-state index in [0.717, 1.165) is 17.5 Å². The summed E-state index contributed by atoms with van der Waals surface area (Å²) in [6.07, 6.45) is 0. The Bertz CT molecular complexity index is 823. The molecule has 1 N–H and O–H groups in total. The molecule has 1 atom stereocenters. The van der Waals surface area contributed by atoms with Crippen molar-refractivity contribution in [1.82, 2.24) is 10.2 Å². The van der Waals surface area contributed by atoms with Crippen molar-refractivity contribution in [3.63, 3.8) is 0 Å². The van der Waals surface area contributed by atoms with Crippen molar-refractivity contribution in [3.05, 3.63) is 59.7 Å². The van der Waals surface area contributed by atoms with Crippen molar-refractivity contribution in [2.75, 3.05) is 44.7 Å². The number of nitrogens with zero attached hydrogens (tertiary/aromatic N) is 2. The van der Waals surface area contributed by atoms with Crippen molar-refractivity contribution >= 4 is 11.6 Å². The van der Waals surface area contributed by atoms with Crippen molar-refractivity contribution in [1.29, 1.82) is 0 Å². The van der Waals surface area contributed by atoms with Gasteiger partial charge in [0.15, 0.2) is 0 Å². The van der Waals surface area contributed by atoms with Crippen LogP contribution in [-0.2, 0) is 4.79 Å². The van der Waals surface area contributed by atoms with E-state index >= 15 is 0 Å². The highest BCUT2D eigenvalue weighted by atomic mass is 19.1. The molecule has 7 heteroatoms. The molecular weight excluding hydrogens is 364 g/mol. The summed E-state index contributed by atoms with van der Waals surface area (Å²) >= 11 is 0. The van der Waals surface area contributed by atoms with E-state index in [4.69, 9.17) is 4.74 Å². The van der Waals surface area contributed by atoms with E-state index in [1.165, 1.54) is 12.1 Å². The first-order valence-electron chi connectivity index (χ1n) is 9.33. The highest BCUT2D eigenvalue weighted by Crippen LogP contribution is 2.28. The first-order valence-corrected chi connectivity index (χ1v) is 9.33. The highest BCUT2D eigenvalue weighted by Gasteiger charge is 2.23. The minimum atomic E-state index is -0.613. The Balaban J connectivity index is 1.51. The molecule has 1 aliphatic rings. The number of halogens is 2. The van der Waals surface area contributed by atoms with Crippen LogP contribution in [0.4, 0.5) is 14.5 Å². The molecule has 1 heterocycles. The number of hydrogen-bond donors (Lipinski definition) is 1. The largest absolute Gasteiger partial charge is 0.495 e. The molecule has 1 amide bonds. The lowest BCUT2D eigenvalue weighted by molar-refractivity contribution is -0.130. The minimum absolute atomic E-state index is 0.0333. The van der Waals surface area contributed by atoms with Gasteiger partial charge in [-0.25, -0.2) is 8.78 Å². The molecule has 1 saturated heterocycles. The molecule has 5 nitrogen and oxygen atoms in total. The van der Waals surface area contributed by atoms with Crippen LogP contribution in [0.2, 0.25) is 0 Å². The van der Waals surface area contributed by atoms with Crippen molar-refractivity contribution in [2.45, 2.75) is 13.0 Å². The van der Waals surface area contributed by atoms with E-state index in [-0.39, 0.29) is 18.5 Å². The molecule has 2 aromatic carbocycles. The summed E-state index contributed by atoms with van der Waals surface area (Å²) in [5, 5.41) is 3.03. The summed E-state index contributed by atoms with van der Waals surface area (Å²) in [4.78, 5) is 16.5. The van der Waals surface area contributed by atoms with Crippen molar-refractivity contribution in [2.24, 2.45) is 0 Å². The van der Waals surface area contributed by atoms with Gasteiger partial charge in [0.05, 0.1) is 19.3 Å². The van der Waals surface area contributed by atoms with Crippen LogP contribution in [0.3, 0.4) is 0 Å². The molecule has 1 fully saturated rings. The molecule has 0 bridgehead atoms. The number of methoxy groups -OCH3 is 1. The fourth-order valence-electron chi connectivity index (χ4n) is 3.40. The Kier molecular flexibility index (Phi) is 6.46. The summed E-state index contributed by atoms with van der Waals surface area (Å²) in [5.74, 6) is -0.441. The number of rotatable bonds is 6. The molecule has 0 saturated carbocycles. The van der Waals surface area contributed by atoms with E-state index < -0.39 is 11.6 Å². The fraction of sp³-hybridized carbons (Fsp3) is 0.381. The van der Waals surface area contributed by atoms with E-state index in [0.29, 0.717) is 31.7 Å². The van der Waals surface area contributed by atoms with Crippen LogP contribution in [0.1, 0.15) is 18.5 Å². The second-order valence-electron chi connectivity index (χ2n) is 6.81. The van der Waals surface area contributed by atoms with Crippen molar-refractivity contribution in [3.8, 4) is 5.75 Å². The van der Waals surface area contributed by atoms with Gasteiger partial charge >= 0.3 is 0 Å². The Morgan fingerprint density at radius 3 is 2.54 bits per heavy atom. The van der Waals surface area contributed by atoms with Crippen LogP contribution < -0.4 is 15.0 Å². The number of carbonyl (C=O) groups is 1. The first-order chi connectivity index (χ1) is 13.5. The van der Waals surface area contributed by atoms with Crippen LogP contribution in [0.15, 0.2) is 42.5 Å². The molecule has 0 aromatic heterocycles. The van der Waals surface area contributed by atoms with Gasteiger partial charge in [0, 0.05) is 43.9 Å². The van der Waals surface area contributed by atoms with Gasteiger partial charge in [-0.05, 0) is 25.1 Å². The SMILES string of the molecule is COc1ccccc1N1CCN(C(=O)CN[C@@H](C)c2ccc(F)cc2F)CC1. The number of hydrogen-bond acceptors (Lipinski definition) is 4. The fourth-order valence-corrected chi connectivity index (χ4v) is 3.40. The zero-order valence-corrected chi connectivity index (χ0v) is 16.1. The van der Waals surface area contributed by atoms with Gasteiger partial charge in [-0.2, -0.15) is 0 Å². The van der Waals surface area contributed by atoms with E-state index in [1.807, 2.05) is 24.3 Å². The second kappa shape index (κ2) is 9.01. The molecule has 2 aromatic rings. The molecule has 28 heavy (non-hydrogen) atoms. The monoisotopic (exact) mass is 389 g/mol. The molecule has 3 rings (SSSR count). The minimum Gasteiger partial charge on any atom is -0.495 e. The van der Waals surface area contributed by atoms with Gasteiger partial charge in [-0.3, -0.25) is 4.79 Å². The van der Waals surface area contributed by atoms with Crippen LogP contribution in [0.25, 0.3) is 0 Å². The predicted octanol–water partition coefficient (Wildman–Crippen LogP) is 2.97. The Hall–Kier alpha value is -2.67. The number of piperazine rings is 1. The Morgan fingerprint density at radius 2 is 1.86 bits per heavy atom. The zero-order chi connectivity index (χ0) is 20.1. The van der Waals surface area contributed by atoms with Crippen molar-refractivity contribution < 1.29 is 18.3 Å². The summed E-state index contributed by atoms with van der Waals surface area (Å²) < 4.78 is 32.3. The molecular formula is C21H25F2N3O2. The molecule has 0 radical (unpaired) electrons. The maximum Gasteiger partial charge on any atom is 0.236 e. The topological polar surface area (TPSA) is 44.8 Å². The van der Waals surface area contributed by atoms with Crippen LogP contribution in [0, 0.1) is 11.6 Å². The molecule has 150 valence electrons. The number of ether oxygens (including phenoxy) is 1. The van der Waals surface area contributed by atoms with Gasteiger partial charge in [0.2, 0.25) is 5.91 Å². The quantitative estimate of drug-likeness (QED) is 0.825. The Morgan fingerprint density at radius 1 is 1.14 bits per heavy atom. The van der Waals surface area contributed by atoms with E-state index in [2.05, 4.69) is 10.2 Å². The number of benzene rings is 2. The van der Waals surface area contributed by atoms with Gasteiger partial charge in [0.1, 0.15) is 17.4 Å². The molecule has 0 aliphatic carbocycles. The van der Waals surface area contributed by atoms with Gasteiger partial charge < -0.3 is 19.9 Å². The van der Waals surface area contributed by atoms with E-state index in [9.17, 15) is 13.6 Å². The molecule has 0 unspecified atom stereocenters. The highest BCUT2D eigenvalue weighted by molar-refractivity contribution is 5.78. The summed E-state index contributed by atoms with van der Waals surface area (Å²) in [5.41, 5.74) is 1.37. The number of para-hydroxylation sites is 2. The third kappa shape index (κ3) is 4.59. The van der Waals surface area contributed by atoms with Gasteiger partial charge in [0.25, 0.3) is 0 Å². The smallest absolute Gasteiger partial charge is 0.236 e.